The Balaban J connectivity index is 1.44. The predicted molar refractivity (Wildman–Crippen MR) is 83.6 cm³/mol. The number of carbonyl (C=O) groups excluding carboxylic acids is 1. The summed E-state index contributed by atoms with van der Waals surface area (Å²) in [5.74, 6) is 2.06. The number of rotatable bonds is 4. The molecule has 1 saturated heterocycles. The van der Waals surface area contributed by atoms with Crippen molar-refractivity contribution >= 4 is 5.91 Å². The first-order valence-electron chi connectivity index (χ1n) is 7.56. The van der Waals surface area contributed by atoms with Crippen molar-refractivity contribution in [3.63, 3.8) is 0 Å². The van der Waals surface area contributed by atoms with Crippen LogP contribution in [0.4, 0.5) is 0 Å². The van der Waals surface area contributed by atoms with Gasteiger partial charge in [0.1, 0.15) is 5.75 Å². The van der Waals surface area contributed by atoms with Gasteiger partial charge in [0.2, 0.25) is 11.7 Å². The van der Waals surface area contributed by atoms with Gasteiger partial charge < -0.3 is 18.6 Å². The van der Waals surface area contributed by atoms with Gasteiger partial charge in [-0.05, 0) is 24.3 Å². The maximum absolute atomic E-state index is 12.5. The van der Waals surface area contributed by atoms with Crippen LogP contribution in [0.3, 0.4) is 0 Å². The van der Waals surface area contributed by atoms with Crippen LogP contribution in [0.15, 0.2) is 51.6 Å². The van der Waals surface area contributed by atoms with E-state index in [1.54, 1.807) is 42.5 Å². The fourth-order valence-electron chi connectivity index (χ4n) is 2.70. The zero-order valence-corrected chi connectivity index (χ0v) is 13.0. The molecule has 1 aromatic carbocycles. The van der Waals surface area contributed by atoms with E-state index >= 15 is 0 Å². The van der Waals surface area contributed by atoms with Crippen molar-refractivity contribution in [2.45, 2.75) is 5.92 Å². The van der Waals surface area contributed by atoms with Gasteiger partial charge in [-0.1, -0.05) is 17.3 Å². The standard InChI is InChI=1S/C17H15N3O4/c1-22-13-6-3-2-5-12(13)17(21)20-9-11(10-20)16-18-15(19-24-16)14-7-4-8-23-14/h2-8,11H,9-10H2,1H3. The number of hydrogen-bond donors (Lipinski definition) is 0. The van der Waals surface area contributed by atoms with E-state index in [0.717, 1.165) is 0 Å². The van der Waals surface area contributed by atoms with Gasteiger partial charge in [-0.25, -0.2) is 0 Å². The van der Waals surface area contributed by atoms with Crippen LogP contribution >= 0.6 is 0 Å². The quantitative estimate of drug-likeness (QED) is 0.733. The molecule has 0 N–H and O–H groups in total. The lowest BCUT2D eigenvalue weighted by molar-refractivity contribution is 0.0566. The van der Waals surface area contributed by atoms with Gasteiger partial charge in [-0.2, -0.15) is 4.98 Å². The molecule has 24 heavy (non-hydrogen) atoms. The third-order valence-corrected chi connectivity index (χ3v) is 4.04. The van der Waals surface area contributed by atoms with E-state index in [2.05, 4.69) is 10.1 Å². The Morgan fingerprint density at radius 1 is 1.25 bits per heavy atom. The lowest BCUT2D eigenvalue weighted by Crippen LogP contribution is -2.48. The summed E-state index contributed by atoms with van der Waals surface area (Å²) in [7, 11) is 1.56. The van der Waals surface area contributed by atoms with Crippen LogP contribution < -0.4 is 4.74 Å². The van der Waals surface area contributed by atoms with Crippen LogP contribution in [0, 0.1) is 0 Å². The predicted octanol–water partition coefficient (Wildman–Crippen LogP) is 2.58. The minimum atomic E-state index is -0.0607. The lowest BCUT2D eigenvalue weighted by atomic mass is 9.98. The molecule has 1 aliphatic rings. The number of ether oxygens (including phenoxy) is 1. The van der Waals surface area contributed by atoms with Crippen molar-refractivity contribution in [2.24, 2.45) is 0 Å². The smallest absolute Gasteiger partial charge is 0.257 e. The molecule has 122 valence electrons. The first kappa shape index (κ1) is 14.5. The number of amides is 1. The topological polar surface area (TPSA) is 81.6 Å². The Hall–Kier alpha value is -3.09. The highest BCUT2D eigenvalue weighted by Crippen LogP contribution is 2.30. The van der Waals surface area contributed by atoms with E-state index in [9.17, 15) is 4.79 Å². The molecule has 4 rings (SSSR count). The van der Waals surface area contributed by atoms with Crippen molar-refractivity contribution in [3.05, 3.63) is 54.1 Å². The van der Waals surface area contributed by atoms with E-state index in [4.69, 9.17) is 13.7 Å². The fourth-order valence-corrected chi connectivity index (χ4v) is 2.70. The van der Waals surface area contributed by atoms with Crippen molar-refractivity contribution < 1.29 is 18.5 Å². The summed E-state index contributed by atoms with van der Waals surface area (Å²) in [5.41, 5.74) is 0.556. The molecule has 3 aromatic rings. The third kappa shape index (κ3) is 2.44. The molecule has 0 radical (unpaired) electrons. The molecule has 1 fully saturated rings. The molecular formula is C17H15N3O4. The highest BCUT2D eigenvalue weighted by Gasteiger charge is 2.36. The molecule has 0 unspecified atom stereocenters. The number of aromatic nitrogens is 2. The summed E-state index contributed by atoms with van der Waals surface area (Å²) in [6.07, 6.45) is 1.56. The Kier molecular flexibility index (Phi) is 3.53. The number of hydrogen-bond acceptors (Lipinski definition) is 6. The van der Waals surface area contributed by atoms with Gasteiger partial charge in [0.15, 0.2) is 5.76 Å². The van der Waals surface area contributed by atoms with E-state index in [1.807, 2.05) is 12.1 Å². The minimum Gasteiger partial charge on any atom is -0.496 e. The monoisotopic (exact) mass is 325 g/mol. The molecule has 3 heterocycles. The van der Waals surface area contributed by atoms with Gasteiger partial charge in [0, 0.05) is 13.1 Å². The molecule has 0 aliphatic carbocycles. The maximum atomic E-state index is 12.5. The van der Waals surface area contributed by atoms with Gasteiger partial charge in [0.25, 0.3) is 5.91 Å². The van der Waals surface area contributed by atoms with Crippen LogP contribution in [-0.4, -0.2) is 41.1 Å². The van der Waals surface area contributed by atoms with Crippen LogP contribution in [0.25, 0.3) is 11.6 Å². The summed E-state index contributed by atoms with van der Waals surface area (Å²) in [5, 5.41) is 3.91. The van der Waals surface area contributed by atoms with Crippen LogP contribution in [-0.2, 0) is 0 Å². The Labute approximate surface area is 137 Å². The Morgan fingerprint density at radius 3 is 2.83 bits per heavy atom. The van der Waals surface area contributed by atoms with Crippen LogP contribution in [0.2, 0.25) is 0 Å². The largest absolute Gasteiger partial charge is 0.496 e. The van der Waals surface area contributed by atoms with Crippen LogP contribution in [0.1, 0.15) is 22.2 Å². The number of furan rings is 1. The summed E-state index contributed by atoms with van der Waals surface area (Å²) < 4.78 is 15.8. The second-order valence-electron chi connectivity index (χ2n) is 5.54. The number of carbonyl (C=O) groups is 1. The number of nitrogens with zero attached hydrogens (tertiary/aromatic N) is 3. The normalized spacial score (nSPS) is 14.5. The van der Waals surface area contributed by atoms with E-state index in [0.29, 0.717) is 41.9 Å². The van der Waals surface area contributed by atoms with E-state index < -0.39 is 0 Å². The van der Waals surface area contributed by atoms with Gasteiger partial charge in [-0.15, -0.1) is 0 Å². The number of para-hydroxylation sites is 1. The van der Waals surface area contributed by atoms with Crippen LogP contribution in [0.5, 0.6) is 5.75 Å². The summed E-state index contributed by atoms with van der Waals surface area (Å²) in [4.78, 5) is 18.6. The lowest BCUT2D eigenvalue weighted by Gasteiger charge is -2.37. The first-order chi connectivity index (χ1) is 11.8. The summed E-state index contributed by atoms with van der Waals surface area (Å²) in [6.45, 7) is 1.08. The molecule has 0 atom stereocenters. The zero-order valence-electron chi connectivity index (χ0n) is 13.0. The molecule has 1 aliphatic heterocycles. The SMILES string of the molecule is COc1ccccc1C(=O)N1CC(c2nc(-c3ccco3)no2)C1. The summed E-state index contributed by atoms with van der Waals surface area (Å²) in [6, 6.07) is 10.7. The zero-order chi connectivity index (χ0) is 16.5. The second-order valence-corrected chi connectivity index (χ2v) is 5.54. The number of likely N-dealkylation sites (tertiary alicyclic amines) is 1. The Bertz CT molecular complexity index is 850. The molecule has 0 bridgehead atoms. The minimum absolute atomic E-state index is 0.0415. The highest BCUT2D eigenvalue weighted by atomic mass is 16.5. The molecule has 0 spiro atoms. The Morgan fingerprint density at radius 2 is 2.08 bits per heavy atom. The maximum Gasteiger partial charge on any atom is 0.257 e. The van der Waals surface area contributed by atoms with Crippen molar-refractivity contribution in [3.8, 4) is 17.3 Å². The average Bonchev–Trinajstić information content (AvgIpc) is 3.24. The van der Waals surface area contributed by atoms with Gasteiger partial charge in [-0.3, -0.25) is 4.79 Å². The number of methoxy groups -OCH3 is 1. The molecule has 7 heteroatoms. The molecule has 1 amide bonds. The van der Waals surface area contributed by atoms with Crippen molar-refractivity contribution in [1.29, 1.82) is 0 Å². The third-order valence-electron chi connectivity index (χ3n) is 4.04. The fraction of sp³-hybridized carbons (Fsp3) is 0.235. The second kappa shape index (κ2) is 5.84. The number of benzene rings is 1. The van der Waals surface area contributed by atoms with Crippen molar-refractivity contribution in [1.82, 2.24) is 15.0 Å². The van der Waals surface area contributed by atoms with Gasteiger partial charge in [0.05, 0.1) is 24.9 Å². The summed E-state index contributed by atoms with van der Waals surface area (Å²) >= 11 is 0. The van der Waals surface area contributed by atoms with E-state index in [-0.39, 0.29) is 11.8 Å². The van der Waals surface area contributed by atoms with Crippen molar-refractivity contribution in [2.75, 3.05) is 20.2 Å². The highest BCUT2D eigenvalue weighted by molar-refractivity contribution is 5.97. The molecule has 0 saturated carbocycles. The molecule has 7 nitrogen and oxygen atoms in total. The average molecular weight is 325 g/mol. The molecule has 2 aromatic heterocycles. The van der Waals surface area contributed by atoms with E-state index in [1.165, 1.54) is 0 Å². The van der Waals surface area contributed by atoms with Gasteiger partial charge >= 0.3 is 0 Å². The molecular weight excluding hydrogens is 310 g/mol. The first-order valence-corrected chi connectivity index (χ1v) is 7.56.